The Hall–Kier alpha value is -2.15. The van der Waals surface area contributed by atoms with Gasteiger partial charge in [0.05, 0.1) is 6.10 Å². The van der Waals surface area contributed by atoms with E-state index in [0.717, 1.165) is 31.7 Å². The monoisotopic (exact) mass is 344 g/mol. The molecule has 3 unspecified atom stereocenters. The van der Waals surface area contributed by atoms with E-state index in [4.69, 9.17) is 4.74 Å². The highest BCUT2D eigenvalue weighted by Gasteiger charge is 2.67. The zero-order valence-electron chi connectivity index (χ0n) is 14.6. The van der Waals surface area contributed by atoms with Crippen molar-refractivity contribution in [1.82, 2.24) is 10.3 Å². The molecule has 0 radical (unpaired) electrons. The second-order valence-corrected chi connectivity index (χ2v) is 7.51. The maximum atomic E-state index is 12.4. The van der Waals surface area contributed by atoms with Crippen LogP contribution < -0.4 is 15.5 Å². The van der Waals surface area contributed by atoms with Crippen molar-refractivity contribution < 1.29 is 14.3 Å². The molecule has 3 aliphatic rings. The van der Waals surface area contributed by atoms with Crippen LogP contribution in [0.4, 0.5) is 11.6 Å². The minimum atomic E-state index is -0.666. The first-order valence-electron chi connectivity index (χ1n) is 8.89. The first kappa shape index (κ1) is 16.3. The lowest BCUT2D eigenvalue weighted by Crippen LogP contribution is -2.72. The van der Waals surface area contributed by atoms with Crippen LogP contribution in [0.2, 0.25) is 0 Å². The molecule has 25 heavy (non-hydrogen) atoms. The van der Waals surface area contributed by atoms with E-state index in [1.807, 2.05) is 25.1 Å². The lowest BCUT2D eigenvalue weighted by atomic mass is 9.46. The van der Waals surface area contributed by atoms with Crippen LogP contribution in [0.3, 0.4) is 0 Å². The van der Waals surface area contributed by atoms with Crippen molar-refractivity contribution in [2.24, 2.45) is 11.3 Å². The molecule has 7 heteroatoms. The van der Waals surface area contributed by atoms with E-state index in [1.54, 1.807) is 12.1 Å². The van der Waals surface area contributed by atoms with Crippen LogP contribution in [0, 0.1) is 11.3 Å². The molecule has 1 spiro atoms. The highest BCUT2D eigenvalue weighted by Crippen LogP contribution is 2.62. The van der Waals surface area contributed by atoms with Crippen molar-refractivity contribution in [3.05, 3.63) is 18.2 Å². The largest absolute Gasteiger partial charge is 0.377 e. The fourth-order valence-corrected chi connectivity index (χ4v) is 4.58. The number of nitrogens with one attached hydrogen (secondary N) is 2. The number of rotatable bonds is 3. The van der Waals surface area contributed by atoms with Gasteiger partial charge in [-0.1, -0.05) is 12.5 Å². The zero-order chi connectivity index (χ0) is 17.6. The third kappa shape index (κ3) is 2.57. The summed E-state index contributed by atoms with van der Waals surface area (Å²) in [4.78, 5) is 30.8. The van der Waals surface area contributed by atoms with E-state index < -0.39 is 11.8 Å². The summed E-state index contributed by atoms with van der Waals surface area (Å²) in [6, 6.07) is 5.37. The predicted molar refractivity (Wildman–Crippen MR) is 93.3 cm³/mol. The molecule has 2 heterocycles. The van der Waals surface area contributed by atoms with Gasteiger partial charge >= 0.3 is 11.8 Å². The lowest BCUT2D eigenvalue weighted by molar-refractivity contribution is -0.179. The first-order chi connectivity index (χ1) is 12.0. The second kappa shape index (κ2) is 5.98. The second-order valence-electron chi connectivity index (χ2n) is 7.51. The number of pyridine rings is 1. The quantitative estimate of drug-likeness (QED) is 0.804. The van der Waals surface area contributed by atoms with Gasteiger partial charge in [-0.25, -0.2) is 4.98 Å². The number of hydrogen-bond donors (Lipinski definition) is 2. The number of ether oxygens (including phenoxy) is 1. The highest BCUT2D eigenvalue weighted by molar-refractivity contribution is 6.39. The fourth-order valence-electron chi connectivity index (χ4n) is 4.58. The van der Waals surface area contributed by atoms with Gasteiger partial charge in [0.15, 0.2) is 0 Å². The molecular formula is C18H24N4O3. The molecular weight excluding hydrogens is 320 g/mol. The summed E-state index contributed by atoms with van der Waals surface area (Å²) < 4.78 is 5.85. The number of hydrogen-bond acceptors (Lipinski definition) is 5. The third-order valence-electron chi connectivity index (χ3n) is 5.96. The topological polar surface area (TPSA) is 83.6 Å². The number of anilines is 2. The summed E-state index contributed by atoms with van der Waals surface area (Å²) in [7, 11) is 3.74. The van der Waals surface area contributed by atoms with E-state index in [1.165, 1.54) is 6.42 Å². The Morgan fingerprint density at radius 1 is 1.28 bits per heavy atom. The molecule has 1 aromatic rings. The number of aromatic nitrogens is 1. The van der Waals surface area contributed by atoms with Gasteiger partial charge in [0, 0.05) is 38.1 Å². The van der Waals surface area contributed by atoms with E-state index >= 15 is 0 Å². The van der Waals surface area contributed by atoms with Gasteiger partial charge < -0.3 is 20.3 Å². The van der Waals surface area contributed by atoms with Gasteiger partial charge in [-0.15, -0.1) is 0 Å². The number of nitrogens with zero attached hydrogens (tertiary/aromatic N) is 2. The number of amides is 2. The van der Waals surface area contributed by atoms with Crippen molar-refractivity contribution in [3.8, 4) is 0 Å². The zero-order valence-corrected chi connectivity index (χ0v) is 14.6. The normalized spacial score (nSPS) is 28.5. The van der Waals surface area contributed by atoms with Crippen LogP contribution >= 0.6 is 0 Å². The van der Waals surface area contributed by atoms with E-state index in [-0.39, 0.29) is 17.6 Å². The molecule has 7 nitrogen and oxygen atoms in total. The SMILES string of the molecule is CN(C)c1cccc(NC(=O)C(=O)NC2C3CCOC3C23CCC3)n1. The molecule has 2 aliphatic carbocycles. The molecule has 1 saturated heterocycles. The van der Waals surface area contributed by atoms with Gasteiger partial charge in [0.25, 0.3) is 0 Å². The third-order valence-corrected chi connectivity index (χ3v) is 5.96. The Morgan fingerprint density at radius 2 is 2.08 bits per heavy atom. The molecule has 4 rings (SSSR count). The summed E-state index contributed by atoms with van der Waals surface area (Å²) >= 11 is 0. The van der Waals surface area contributed by atoms with Crippen molar-refractivity contribution >= 4 is 23.5 Å². The summed E-state index contributed by atoms with van der Waals surface area (Å²) in [6.45, 7) is 0.761. The Kier molecular flexibility index (Phi) is 3.91. The van der Waals surface area contributed by atoms with Gasteiger partial charge in [-0.2, -0.15) is 0 Å². The number of carbonyl (C=O) groups is 2. The average molecular weight is 344 g/mol. The summed E-state index contributed by atoms with van der Waals surface area (Å²) in [5.74, 6) is 0.197. The van der Waals surface area contributed by atoms with Gasteiger partial charge in [-0.3, -0.25) is 9.59 Å². The average Bonchev–Trinajstić information content (AvgIpc) is 2.96. The van der Waals surface area contributed by atoms with Crippen molar-refractivity contribution in [2.75, 3.05) is 30.9 Å². The summed E-state index contributed by atoms with van der Waals surface area (Å²) in [6.07, 6.45) is 4.56. The minimum Gasteiger partial charge on any atom is -0.377 e. The smallest absolute Gasteiger partial charge is 0.314 e. The minimum absolute atomic E-state index is 0.0630. The first-order valence-corrected chi connectivity index (χ1v) is 8.89. The van der Waals surface area contributed by atoms with Crippen molar-refractivity contribution in [2.45, 2.75) is 37.8 Å². The molecule has 134 valence electrons. The Balaban J connectivity index is 1.40. The molecule has 1 aliphatic heterocycles. The molecule has 1 aromatic heterocycles. The maximum Gasteiger partial charge on any atom is 0.314 e. The number of fused-ring (bicyclic) bond motifs is 2. The van der Waals surface area contributed by atoms with Crippen LogP contribution in [0.5, 0.6) is 0 Å². The summed E-state index contributed by atoms with van der Waals surface area (Å²) in [5.41, 5.74) is 0.0696. The van der Waals surface area contributed by atoms with Crippen LogP contribution in [0.1, 0.15) is 25.7 Å². The molecule has 2 amide bonds. The molecule has 2 saturated carbocycles. The predicted octanol–water partition coefficient (Wildman–Crippen LogP) is 1.16. The molecule has 0 aromatic carbocycles. The van der Waals surface area contributed by atoms with Crippen molar-refractivity contribution in [1.29, 1.82) is 0 Å². The fraction of sp³-hybridized carbons (Fsp3) is 0.611. The van der Waals surface area contributed by atoms with E-state index in [9.17, 15) is 9.59 Å². The van der Waals surface area contributed by atoms with Crippen molar-refractivity contribution in [3.63, 3.8) is 0 Å². The standard InChI is InChI=1S/C18H24N4O3/c1-22(2)13-6-3-5-12(19-13)20-16(23)17(24)21-14-11-7-10-25-15(11)18(14)8-4-9-18/h3,5-6,11,14-15H,4,7-10H2,1-2H3,(H,21,24)(H,19,20,23). The summed E-state index contributed by atoms with van der Waals surface area (Å²) in [5, 5.41) is 5.56. The maximum absolute atomic E-state index is 12.4. The van der Waals surface area contributed by atoms with E-state index in [2.05, 4.69) is 15.6 Å². The van der Waals surface area contributed by atoms with Crippen LogP contribution in [-0.4, -0.2) is 49.6 Å². The van der Waals surface area contributed by atoms with Crippen LogP contribution in [0.25, 0.3) is 0 Å². The van der Waals surface area contributed by atoms with Crippen LogP contribution in [-0.2, 0) is 14.3 Å². The molecule has 3 atom stereocenters. The van der Waals surface area contributed by atoms with Gasteiger partial charge in [-0.05, 0) is 31.4 Å². The Bertz CT molecular complexity index is 701. The van der Waals surface area contributed by atoms with Gasteiger partial charge in [0.1, 0.15) is 11.6 Å². The Labute approximate surface area is 147 Å². The molecule has 0 bridgehead atoms. The molecule has 2 N–H and O–H groups in total. The van der Waals surface area contributed by atoms with E-state index in [0.29, 0.717) is 11.7 Å². The lowest BCUT2D eigenvalue weighted by Gasteiger charge is -2.63. The molecule has 3 fully saturated rings. The highest BCUT2D eigenvalue weighted by atomic mass is 16.5. The number of carbonyl (C=O) groups excluding carboxylic acids is 2. The Morgan fingerprint density at radius 3 is 2.76 bits per heavy atom. The van der Waals surface area contributed by atoms with Crippen LogP contribution in [0.15, 0.2) is 18.2 Å². The van der Waals surface area contributed by atoms with Gasteiger partial charge in [0.2, 0.25) is 0 Å².